The summed E-state index contributed by atoms with van der Waals surface area (Å²) < 4.78 is 0. The van der Waals surface area contributed by atoms with Gasteiger partial charge in [0, 0.05) is 32.4 Å². The van der Waals surface area contributed by atoms with E-state index >= 15 is 0 Å². The molecule has 0 amide bonds. The summed E-state index contributed by atoms with van der Waals surface area (Å²) in [7, 11) is 0. The molecule has 3 heteroatoms. The molecule has 2 N–H and O–H groups in total. The minimum absolute atomic E-state index is 0.723. The summed E-state index contributed by atoms with van der Waals surface area (Å²) in [6, 6.07) is 0. The number of nitrogens with two attached hydrogens (primary N) is 1. The molecule has 58 valence electrons. The fraction of sp³-hybridized carbons (Fsp3) is 0.714. The van der Waals surface area contributed by atoms with Crippen LogP contribution < -0.4 is 5.73 Å². The third-order valence-corrected chi connectivity index (χ3v) is 1.68. The molecule has 0 saturated carbocycles. The molecule has 10 heavy (non-hydrogen) atoms. The van der Waals surface area contributed by atoms with E-state index in [4.69, 9.17) is 5.73 Å². The lowest BCUT2D eigenvalue weighted by Crippen LogP contribution is -2.37. The average molecular weight is 141 g/mol. The first kappa shape index (κ1) is 7.57. The van der Waals surface area contributed by atoms with Crippen LogP contribution in [-0.2, 0) is 0 Å². The first-order chi connectivity index (χ1) is 4.88. The largest absolute Gasteiger partial charge is 0.329 e. The first-order valence-corrected chi connectivity index (χ1v) is 3.76. The fourth-order valence-electron chi connectivity index (χ4n) is 1.15. The second-order valence-electron chi connectivity index (χ2n) is 2.34. The van der Waals surface area contributed by atoms with E-state index in [-0.39, 0.29) is 0 Å². The highest BCUT2D eigenvalue weighted by atomic mass is 15.6. The Balaban J connectivity index is 2.33. The first-order valence-electron chi connectivity index (χ1n) is 3.76. The molecule has 3 nitrogen and oxygen atoms in total. The third-order valence-electron chi connectivity index (χ3n) is 1.68. The Kier molecular flexibility index (Phi) is 2.71. The Morgan fingerprint density at radius 3 is 3.00 bits per heavy atom. The number of rotatable bonds is 3. The predicted molar refractivity (Wildman–Crippen MR) is 42.1 cm³/mol. The molecular weight excluding hydrogens is 126 g/mol. The minimum Gasteiger partial charge on any atom is -0.329 e. The molecule has 0 spiro atoms. The van der Waals surface area contributed by atoms with Gasteiger partial charge in [0.25, 0.3) is 0 Å². The second-order valence-corrected chi connectivity index (χ2v) is 2.34. The van der Waals surface area contributed by atoms with E-state index in [0.29, 0.717) is 0 Å². The van der Waals surface area contributed by atoms with Crippen LogP contribution in [0.15, 0.2) is 12.3 Å². The van der Waals surface area contributed by atoms with E-state index in [2.05, 4.69) is 29.2 Å². The van der Waals surface area contributed by atoms with Crippen LogP contribution in [0.2, 0.25) is 0 Å². The molecule has 1 heterocycles. The maximum atomic E-state index is 5.42. The van der Waals surface area contributed by atoms with Crippen LogP contribution in [0, 0.1) is 0 Å². The molecule has 0 unspecified atom stereocenters. The van der Waals surface area contributed by atoms with Gasteiger partial charge in [-0.25, -0.2) is 5.01 Å². The number of hydrogen-bond donors (Lipinski definition) is 1. The summed E-state index contributed by atoms with van der Waals surface area (Å²) in [5, 5.41) is 4.42. The molecule has 0 radical (unpaired) electrons. The molecule has 0 aromatic rings. The van der Waals surface area contributed by atoms with Gasteiger partial charge in [0.05, 0.1) is 0 Å². The lowest BCUT2D eigenvalue weighted by molar-refractivity contribution is 0.0616. The Morgan fingerprint density at radius 1 is 1.60 bits per heavy atom. The van der Waals surface area contributed by atoms with Gasteiger partial charge in [-0.2, -0.15) is 0 Å². The van der Waals surface area contributed by atoms with E-state index in [0.717, 1.165) is 26.2 Å². The van der Waals surface area contributed by atoms with Crippen molar-refractivity contribution in [1.29, 1.82) is 0 Å². The van der Waals surface area contributed by atoms with E-state index in [9.17, 15) is 0 Å². The van der Waals surface area contributed by atoms with Gasteiger partial charge in [-0.05, 0) is 0 Å². The van der Waals surface area contributed by atoms with Crippen molar-refractivity contribution < 1.29 is 0 Å². The molecule has 1 aliphatic rings. The topological polar surface area (TPSA) is 32.5 Å². The van der Waals surface area contributed by atoms with Crippen LogP contribution in [0.1, 0.15) is 6.92 Å². The highest BCUT2D eigenvalue weighted by Gasteiger charge is 2.11. The number of likely N-dealkylation sites (N-methyl/N-ethyl adjacent to an activating group) is 1. The van der Waals surface area contributed by atoms with Crippen molar-refractivity contribution in [1.82, 2.24) is 10.0 Å². The van der Waals surface area contributed by atoms with Crippen LogP contribution in [0.5, 0.6) is 0 Å². The number of hydrazine groups is 1. The van der Waals surface area contributed by atoms with Crippen LogP contribution in [-0.4, -0.2) is 36.2 Å². The van der Waals surface area contributed by atoms with Crippen LogP contribution in [0.3, 0.4) is 0 Å². The van der Waals surface area contributed by atoms with Crippen molar-refractivity contribution in [2.75, 3.05) is 26.2 Å². The standard InChI is InChI=1S/C7H15N3/c1-2-9-5-3-6-10(9)7-4-8/h3,6H,2,4-5,7-8H2,1H3. The summed E-state index contributed by atoms with van der Waals surface area (Å²) in [5.74, 6) is 0. The summed E-state index contributed by atoms with van der Waals surface area (Å²) >= 11 is 0. The molecule has 0 bridgehead atoms. The Hall–Kier alpha value is -0.540. The van der Waals surface area contributed by atoms with E-state index < -0.39 is 0 Å². The monoisotopic (exact) mass is 141 g/mol. The van der Waals surface area contributed by atoms with Crippen molar-refractivity contribution in [2.45, 2.75) is 6.92 Å². The lowest BCUT2D eigenvalue weighted by Gasteiger charge is -2.27. The van der Waals surface area contributed by atoms with Gasteiger partial charge in [-0.1, -0.05) is 13.0 Å². The molecule has 1 aliphatic heterocycles. The van der Waals surface area contributed by atoms with Gasteiger partial charge in [-0.3, -0.25) is 0 Å². The SMILES string of the molecule is CCN1CC=CN1CCN. The Labute approximate surface area is 62.1 Å². The van der Waals surface area contributed by atoms with Crippen LogP contribution >= 0.6 is 0 Å². The lowest BCUT2D eigenvalue weighted by atomic mass is 10.6. The maximum absolute atomic E-state index is 5.42. The van der Waals surface area contributed by atoms with Gasteiger partial charge in [-0.15, -0.1) is 0 Å². The quantitative estimate of drug-likeness (QED) is 0.601. The summed E-state index contributed by atoms with van der Waals surface area (Å²) in [6.45, 7) is 5.91. The van der Waals surface area contributed by atoms with E-state index in [1.807, 2.05) is 0 Å². The minimum atomic E-state index is 0.723. The van der Waals surface area contributed by atoms with E-state index in [1.165, 1.54) is 0 Å². The van der Waals surface area contributed by atoms with Crippen molar-refractivity contribution >= 4 is 0 Å². The molecule has 0 saturated heterocycles. The molecule has 0 aromatic heterocycles. The fourth-order valence-corrected chi connectivity index (χ4v) is 1.15. The van der Waals surface area contributed by atoms with Gasteiger partial charge < -0.3 is 10.7 Å². The Morgan fingerprint density at radius 2 is 2.40 bits per heavy atom. The summed E-state index contributed by atoms with van der Waals surface area (Å²) in [4.78, 5) is 0. The zero-order chi connectivity index (χ0) is 7.40. The van der Waals surface area contributed by atoms with Crippen molar-refractivity contribution in [3.63, 3.8) is 0 Å². The van der Waals surface area contributed by atoms with Crippen LogP contribution in [0.25, 0.3) is 0 Å². The van der Waals surface area contributed by atoms with Gasteiger partial charge in [0.2, 0.25) is 0 Å². The maximum Gasteiger partial charge on any atom is 0.0463 e. The molecular formula is C7H15N3. The molecule has 1 rings (SSSR count). The normalized spacial score (nSPS) is 18.8. The smallest absolute Gasteiger partial charge is 0.0463 e. The summed E-state index contributed by atoms with van der Waals surface area (Å²) in [5.41, 5.74) is 5.42. The predicted octanol–water partition coefficient (Wildman–Crippen LogP) is 0.0113. The zero-order valence-electron chi connectivity index (χ0n) is 6.45. The van der Waals surface area contributed by atoms with Crippen molar-refractivity contribution in [3.05, 3.63) is 12.3 Å². The average Bonchev–Trinajstić information content (AvgIpc) is 2.36. The molecule has 0 aromatic carbocycles. The highest BCUT2D eigenvalue weighted by Crippen LogP contribution is 2.04. The van der Waals surface area contributed by atoms with Crippen LogP contribution in [0.4, 0.5) is 0 Å². The third kappa shape index (κ3) is 1.49. The zero-order valence-corrected chi connectivity index (χ0v) is 6.45. The molecule has 0 aliphatic carbocycles. The van der Waals surface area contributed by atoms with Gasteiger partial charge in [0.15, 0.2) is 0 Å². The van der Waals surface area contributed by atoms with Gasteiger partial charge in [0.1, 0.15) is 0 Å². The van der Waals surface area contributed by atoms with Crippen molar-refractivity contribution in [2.24, 2.45) is 5.73 Å². The van der Waals surface area contributed by atoms with Crippen molar-refractivity contribution in [3.8, 4) is 0 Å². The molecule has 0 fully saturated rings. The number of hydrogen-bond acceptors (Lipinski definition) is 3. The second kappa shape index (κ2) is 3.58. The number of nitrogens with zero attached hydrogens (tertiary/aromatic N) is 2. The molecule has 0 atom stereocenters. The summed E-state index contributed by atoms with van der Waals surface area (Å²) in [6.07, 6.45) is 4.25. The van der Waals surface area contributed by atoms with Gasteiger partial charge >= 0.3 is 0 Å². The highest BCUT2D eigenvalue weighted by molar-refractivity contribution is 4.90. The Bertz CT molecular complexity index is 122. The van der Waals surface area contributed by atoms with E-state index in [1.54, 1.807) is 0 Å².